The number of aryl methyl sites for hydroxylation is 1. The molecule has 0 bridgehead atoms. The van der Waals surface area contributed by atoms with Crippen LogP contribution in [0, 0.1) is 0 Å². The number of nitrogens with one attached hydrogen (secondary N) is 1. The van der Waals surface area contributed by atoms with Crippen LogP contribution in [0.3, 0.4) is 0 Å². The van der Waals surface area contributed by atoms with Crippen molar-refractivity contribution in [3.8, 4) is 5.75 Å². The minimum absolute atomic E-state index is 0.101. The Balaban J connectivity index is 1.41. The van der Waals surface area contributed by atoms with E-state index < -0.39 is 8.32 Å². The Kier molecular flexibility index (Phi) is 6.48. The number of carbonyl (C=O) groups excluding carboxylic acids is 1. The van der Waals surface area contributed by atoms with E-state index in [4.69, 9.17) is 4.43 Å². The molecule has 1 amide bonds. The first-order valence-corrected chi connectivity index (χ1v) is 16.2. The summed E-state index contributed by atoms with van der Waals surface area (Å²) in [4.78, 5) is 15.9. The molecule has 1 spiro atoms. The van der Waals surface area contributed by atoms with Gasteiger partial charge in [-0.2, -0.15) is 0 Å². The van der Waals surface area contributed by atoms with E-state index >= 15 is 0 Å². The predicted molar refractivity (Wildman–Crippen MR) is 157 cm³/mol. The third-order valence-electron chi connectivity index (χ3n) is 9.16. The largest absolute Gasteiger partial charge is 0.534 e. The van der Waals surface area contributed by atoms with E-state index in [1.165, 1.54) is 21.5 Å². The Morgan fingerprint density at radius 2 is 1.61 bits per heavy atom. The van der Waals surface area contributed by atoms with Crippen molar-refractivity contribution in [2.45, 2.75) is 75.9 Å². The van der Waals surface area contributed by atoms with Crippen LogP contribution in [-0.4, -0.2) is 37.8 Å². The zero-order valence-electron chi connectivity index (χ0n) is 23.0. The number of likely N-dealkylation sites (tertiary alicyclic amines) is 1. The molecule has 2 atom stereocenters. The van der Waals surface area contributed by atoms with E-state index in [-0.39, 0.29) is 16.6 Å². The molecule has 4 nitrogen and oxygen atoms in total. The van der Waals surface area contributed by atoms with Crippen LogP contribution in [-0.2, 0) is 11.2 Å². The fraction of sp³-hybridized carbons (Fsp3) is 0.424. The summed E-state index contributed by atoms with van der Waals surface area (Å²) in [7, 11) is -2.72. The van der Waals surface area contributed by atoms with E-state index in [1.807, 2.05) is 0 Å². The standard InChI is InChI=1S/C33H40N2O2Si/c1-32(2,3)38(27-13-6-4-7-14-27,28-15-8-5-9-16-28)37-26-19-18-25-12-10-17-30(29(25)24-26)35-23-21-33(31(35)36)20-11-22-34-33/h4-9,13-16,18-19,24,30,34H,10-12,17,20-23H2,1-3H3/t30?,33-/m1/s1. The maximum absolute atomic E-state index is 13.7. The van der Waals surface area contributed by atoms with Crippen molar-refractivity contribution in [2.24, 2.45) is 0 Å². The van der Waals surface area contributed by atoms with E-state index in [0.717, 1.165) is 57.4 Å². The molecule has 38 heavy (non-hydrogen) atoms. The Morgan fingerprint density at radius 3 is 2.21 bits per heavy atom. The number of benzene rings is 3. The number of nitrogens with zero attached hydrogens (tertiary/aromatic N) is 1. The Morgan fingerprint density at radius 1 is 0.921 bits per heavy atom. The van der Waals surface area contributed by atoms with E-state index in [1.54, 1.807) is 0 Å². The van der Waals surface area contributed by atoms with Crippen molar-refractivity contribution < 1.29 is 9.22 Å². The highest BCUT2D eigenvalue weighted by Crippen LogP contribution is 2.43. The molecule has 2 aliphatic heterocycles. The summed E-state index contributed by atoms with van der Waals surface area (Å²) in [5, 5.41) is 6.01. The van der Waals surface area contributed by atoms with Gasteiger partial charge in [0.1, 0.15) is 5.75 Å². The summed E-state index contributed by atoms with van der Waals surface area (Å²) in [6, 6.07) is 28.5. The van der Waals surface area contributed by atoms with Crippen LogP contribution in [0.15, 0.2) is 78.9 Å². The highest BCUT2D eigenvalue weighted by Gasteiger charge is 2.53. The van der Waals surface area contributed by atoms with Crippen molar-refractivity contribution in [2.75, 3.05) is 13.1 Å². The number of rotatable bonds is 5. The van der Waals surface area contributed by atoms with Gasteiger partial charge in [0.25, 0.3) is 0 Å². The van der Waals surface area contributed by atoms with E-state index in [2.05, 4.69) is 110 Å². The minimum Gasteiger partial charge on any atom is -0.534 e. The first-order chi connectivity index (χ1) is 18.3. The normalized spacial score (nSPS) is 23.6. The lowest BCUT2D eigenvalue weighted by Crippen LogP contribution is -2.68. The van der Waals surface area contributed by atoms with Crippen LogP contribution in [0.25, 0.3) is 0 Å². The van der Waals surface area contributed by atoms with Crippen molar-refractivity contribution in [3.63, 3.8) is 0 Å². The highest BCUT2D eigenvalue weighted by molar-refractivity contribution is 7.00. The molecule has 3 aromatic rings. The number of hydrogen-bond acceptors (Lipinski definition) is 3. The molecule has 0 radical (unpaired) electrons. The van der Waals surface area contributed by atoms with Crippen molar-refractivity contribution in [1.29, 1.82) is 0 Å². The Bertz CT molecular complexity index is 1260. The monoisotopic (exact) mass is 524 g/mol. The van der Waals surface area contributed by atoms with Gasteiger partial charge < -0.3 is 14.6 Å². The van der Waals surface area contributed by atoms with Gasteiger partial charge >= 0.3 is 8.32 Å². The summed E-state index contributed by atoms with van der Waals surface area (Å²) in [6.07, 6.45) is 6.21. The summed E-state index contributed by atoms with van der Waals surface area (Å²) >= 11 is 0. The number of amides is 1. The maximum Gasteiger partial charge on any atom is 0.319 e. The zero-order valence-corrected chi connectivity index (χ0v) is 24.0. The molecule has 3 aromatic carbocycles. The molecule has 6 rings (SSSR count). The average Bonchev–Trinajstić information content (AvgIpc) is 3.54. The Labute approximate surface area is 228 Å². The van der Waals surface area contributed by atoms with Gasteiger partial charge in [-0.05, 0) is 83.7 Å². The van der Waals surface area contributed by atoms with Gasteiger partial charge in [-0.25, -0.2) is 0 Å². The third-order valence-corrected chi connectivity index (χ3v) is 14.1. The van der Waals surface area contributed by atoms with Gasteiger partial charge in [-0.3, -0.25) is 4.79 Å². The molecule has 2 saturated heterocycles. The average molecular weight is 525 g/mol. The SMILES string of the molecule is CC(C)(C)[Si](Oc1ccc2c(c1)C(N1CC[C@]3(CCCN3)C1=O)CCC2)(c1ccccc1)c1ccccc1. The molecule has 1 N–H and O–H groups in total. The molecule has 3 aliphatic rings. The second-order valence-corrected chi connectivity index (χ2v) is 16.6. The lowest BCUT2D eigenvalue weighted by molar-refractivity contribution is -0.135. The molecular weight excluding hydrogens is 484 g/mol. The molecule has 0 aromatic heterocycles. The second-order valence-electron chi connectivity index (χ2n) is 12.4. The minimum atomic E-state index is -2.72. The van der Waals surface area contributed by atoms with Crippen molar-refractivity contribution >= 4 is 24.6 Å². The molecule has 0 saturated carbocycles. The van der Waals surface area contributed by atoms with Gasteiger partial charge in [0, 0.05) is 6.54 Å². The third kappa shape index (κ3) is 4.11. The van der Waals surface area contributed by atoms with Gasteiger partial charge in [0.2, 0.25) is 5.91 Å². The first-order valence-electron chi connectivity index (χ1n) is 14.3. The summed E-state index contributed by atoms with van der Waals surface area (Å²) in [5.41, 5.74) is 2.33. The van der Waals surface area contributed by atoms with Crippen LogP contribution in [0.5, 0.6) is 5.75 Å². The smallest absolute Gasteiger partial charge is 0.319 e. The van der Waals surface area contributed by atoms with Crippen LogP contribution in [0.4, 0.5) is 0 Å². The molecule has 198 valence electrons. The fourth-order valence-electron chi connectivity index (χ4n) is 7.26. The highest BCUT2D eigenvalue weighted by atomic mass is 28.4. The van der Waals surface area contributed by atoms with Crippen LogP contribution in [0.2, 0.25) is 5.04 Å². The fourth-order valence-corrected chi connectivity index (χ4v) is 11.7. The molecule has 1 unspecified atom stereocenters. The number of hydrogen-bond donors (Lipinski definition) is 1. The van der Waals surface area contributed by atoms with E-state index in [0.29, 0.717) is 5.91 Å². The van der Waals surface area contributed by atoms with Crippen molar-refractivity contribution in [3.05, 3.63) is 90.0 Å². The van der Waals surface area contributed by atoms with Gasteiger partial charge in [-0.15, -0.1) is 0 Å². The molecule has 5 heteroatoms. The summed E-state index contributed by atoms with van der Waals surface area (Å²) < 4.78 is 7.36. The molecule has 2 heterocycles. The van der Waals surface area contributed by atoms with E-state index in [9.17, 15) is 4.79 Å². The molecule has 2 fully saturated rings. The number of carbonyl (C=O) groups is 1. The zero-order chi connectivity index (χ0) is 26.4. The van der Waals surface area contributed by atoms with Gasteiger partial charge in [0.05, 0.1) is 11.6 Å². The van der Waals surface area contributed by atoms with Crippen LogP contribution in [0.1, 0.15) is 70.0 Å². The lowest BCUT2D eigenvalue weighted by atomic mass is 9.86. The summed E-state index contributed by atoms with van der Waals surface area (Å²) in [5.74, 6) is 1.23. The van der Waals surface area contributed by atoms with Crippen LogP contribution < -0.4 is 20.1 Å². The maximum atomic E-state index is 13.7. The second kappa shape index (κ2) is 9.69. The quantitative estimate of drug-likeness (QED) is 0.457. The number of fused-ring (bicyclic) bond motifs is 1. The molecular formula is C33H40N2O2Si. The summed E-state index contributed by atoms with van der Waals surface area (Å²) in [6.45, 7) is 8.75. The topological polar surface area (TPSA) is 41.6 Å². The molecule has 1 aliphatic carbocycles. The Hall–Kier alpha value is -2.89. The van der Waals surface area contributed by atoms with Gasteiger partial charge in [0.15, 0.2) is 0 Å². The predicted octanol–water partition coefficient (Wildman–Crippen LogP) is 5.36. The lowest BCUT2D eigenvalue weighted by Gasteiger charge is -2.43. The first kappa shape index (κ1) is 25.4. The van der Waals surface area contributed by atoms with Crippen molar-refractivity contribution in [1.82, 2.24) is 10.2 Å². The van der Waals surface area contributed by atoms with Crippen LogP contribution >= 0.6 is 0 Å². The van der Waals surface area contributed by atoms with Gasteiger partial charge in [-0.1, -0.05) is 87.5 Å².